The minimum Gasteiger partial charge on any atom is -0.329 e. The van der Waals surface area contributed by atoms with Crippen molar-refractivity contribution in [1.82, 2.24) is 9.80 Å². The summed E-state index contributed by atoms with van der Waals surface area (Å²) in [6.45, 7) is 3.19. The Balaban J connectivity index is 1.71. The SMILES string of the molecule is CC(CC1CC1)N1CC(=O)N2CCCCC2C1=O. The lowest BCUT2D eigenvalue weighted by Crippen LogP contribution is -2.62. The van der Waals surface area contributed by atoms with E-state index in [1.54, 1.807) is 0 Å². The molecule has 0 spiro atoms. The van der Waals surface area contributed by atoms with Gasteiger partial charge >= 0.3 is 0 Å². The number of amides is 2. The lowest BCUT2D eigenvalue weighted by molar-refractivity contribution is -0.159. The van der Waals surface area contributed by atoms with Crippen molar-refractivity contribution < 1.29 is 9.59 Å². The summed E-state index contributed by atoms with van der Waals surface area (Å²) in [6, 6.07) is 0.0830. The van der Waals surface area contributed by atoms with Crippen molar-refractivity contribution >= 4 is 11.8 Å². The number of rotatable bonds is 3. The van der Waals surface area contributed by atoms with Crippen LogP contribution in [0.25, 0.3) is 0 Å². The average Bonchev–Trinajstić information content (AvgIpc) is 3.17. The highest BCUT2D eigenvalue weighted by molar-refractivity contribution is 5.95. The zero-order chi connectivity index (χ0) is 12.7. The van der Waals surface area contributed by atoms with Gasteiger partial charge in [0.2, 0.25) is 11.8 Å². The molecule has 0 radical (unpaired) electrons. The lowest BCUT2D eigenvalue weighted by atomic mass is 9.97. The van der Waals surface area contributed by atoms with Crippen molar-refractivity contribution in [2.24, 2.45) is 5.92 Å². The van der Waals surface area contributed by atoms with Gasteiger partial charge in [0.25, 0.3) is 0 Å². The Morgan fingerprint density at radius 2 is 2.00 bits per heavy atom. The van der Waals surface area contributed by atoms with Gasteiger partial charge in [-0.15, -0.1) is 0 Å². The number of carbonyl (C=O) groups excluding carboxylic acids is 2. The lowest BCUT2D eigenvalue weighted by Gasteiger charge is -2.44. The van der Waals surface area contributed by atoms with E-state index in [0.29, 0.717) is 6.54 Å². The molecule has 0 aromatic carbocycles. The van der Waals surface area contributed by atoms with Crippen LogP contribution in [-0.4, -0.2) is 46.8 Å². The van der Waals surface area contributed by atoms with Crippen molar-refractivity contribution in [3.05, 3.63) is 0 Å². The van der Waals surface area contributed by atoms with E-state index in [4.69, 9.17) is 0 Å². The van der Waals surface area contributed by atoms with Gasteiger partial charge in [0, 0.05) is 12.6 Å². The quantitative estimate of drug-likeness (QED) is 0.759. The number of piperazine rings is 1. The molecule has 3 rings (SSSR count). The van der Waals surface area contributed by atoms with Crippen molar-refractivity contribution in [2.45, 2.75) is 57.5 Å². The van der Waals surface area contributed by atoms with Gasteiger partial charge in [-0.05, 0) is 38.5 Å². The standard InChI is InChI=1S/C14H22N2O2/c1-10(8-11-5-6-11)16-9-13(17)15-7-3-2-4-12(15)14(16)18/h10-12H,2-9H2,1H3. The van der Waals surface area contributed by atoms with E-state index in [-0.39, 0.29) is 23.9 Å². The van der Waals surface area contributed by atoms with E-state index in [9.17, 15) is 9.59 Å². The van der Waals surface area contributed by atoms with Gasteiger partial charge < -0.3 is 9.80 Å². The molecule has 1 aliphatic carbocycles. The Morgan fingerprint density at radius 3 is 2.72 bits per heavy atom. The summed E-state index contributed by atoms with van der Waals surface area (Å²) in [5.41, 5.74) is 0. The van der Waals surface area contributed by atoms with Crippen molar-refractivity contribution in [3.8, 4) is 0 Å². The second-order valence-electron chi connectivity index (χ2n) is 6.09. The fourth-order valence-corrected chi connectivity index (χ4v) is 3.33. The second-order valence-corrected chi connectivity index (χ2v) is 6.09. The molecular formula is C14H22N2O2. The molecular weight excluding hydrogens is 228 g/mol. The predicted octanol–water partition coefficient (Wildman–Crippen LogP) is 1.40. The number of carbonyl (C=O) groups is 2. The Hall–Kier alpha value is -1.06. The summed E-state index contributed by atoms with van der Waals surface area (Å²) in [5.74, 6) is 1.15. The first kappa shape index (κ1) is 12.0. The maximum Gasteiger partial charge on any atom is 0.246 e. The first-order valence-corrected chi connectivity index (χ1v) is 7.27. The van der Waals surface area contributed by atoms with Crippen LogP contribution in [0.2, 0.25) is 0 Å². The molecule has 2 atom stereocenters. The molecule has 1 saturated carbocycles. The average molecular weight is 250 g/mol. The van der Waals surface area contributed by atoms with Gasteiger partial charge in [-0.25, -0.2) is 0 Å². The van der Waals surface area contributed by atoms with Crippen LogP contribution >= 0.6 is 0 Å². The van der Waals surface area contributed by atoms with E-state index < -0.39 is 0 Å². The Kier molecular flexibility index (Phi) is 3.04. The highest BCUT2D eigenvalue weighted by Crippen LogP contribution is 2.35. The molecule has 0 aromatic rings. The summed E-state index contributed by atoms with van der Waals surface area (Å²) in [4.78, 5) is 28.3. The fourth-order valence-electron chi connectivity index (χ4n) is 3.33. The van der Waals surface area contributed by atoms with Gasteiger partial charge in [0.05, 0.1) is 0 Å². The molecule has 2 amide bonds. The highest BCUT2D eigenvalue weighted by atomic mass is 16.2. The van der Waals surface area contributed by atoms with Crippen molar-refractivity contribution in [3.63, 3.8) is 0 Å². The molecule has 0 aromatic heterocycles. The van der Waals surface area contributed by atoms with Crippen molar-refractivity contribution in [1.29, 1.82) is 0 Å². The monoisotopic (exact) mass is 250 g/mol. The molecule has 4 nitrogen and oxygen atoms in total. The largest absolute Gasteiger partial charge is 0.329 e. The van der Waals surface area contributed by atoms with Crippen LogP contribution in [0.1, 0.15) is 45.4 Å². The van der Waals surface area contributed by atoms with E-state index in [0.717, 1.165) is 38.1 Å². The molecule has 0 N–H and O–H groups in total. The predicted molar refractivity (Wildman–Crippen MR) is 67.9 cm³/mol. The zero-order valence-electron chi connectivity index (χ0n) is 11.1. The highest BCUT2D eigenvalue weighted by Gasteiger charge is 2.42. The number of piperidine rings is 1. The van der Waals surface area contributed by atoms with Gasteiger partial charge in [-0.2, -0.15) is 0 Å². The third kappa shape index (κ3) is 2.13. The third-order valence-electron chi connectivity index (χ3n) is 4.60. The van der Waals surface area contributed by atoms with Gasteiger partial charge in [-0.1, -0.05) is 12.8 Å². The topological polar surface area (TPSA) is 40.6 Å². The number of hydrogen-bond acceptors (Lipinski definition) is 2. The van der Waals surface area contributed by atoms with Crippen LogP contribution in [-0.2, 0) is 9.59 Å². The van der Waals surface area contributed by atoms with Crippen LogP contribution in [0.15, 0.2) is 0 Å². The Bertz CT molecular complexity index is 365. The molecule has 2 heterocycles. The van der Waals surface area contributed by atoms with Crippen LogP contribution in [0.3, 0.4) is 0 Å². The molecule has 100 valence electrons. The first-order valence-electron chi connectivity index (χ1n) is 7.27. The molecule has 2 aliphatic heterocycles. The van der Waals surface area contributed by atoms with Crippen LogP contribution in [0.5, 0.6) is 0 Å². The molecule has 18 heavy (non-hydrogen) atoms. The zero-order valence-corrected chi connectivity index (χ0v) is 11.1. The smallest absolute Gasteiger partial charge is 0.246 e. The normalized spacial score (nSPS) is 30.4. The van der Waals surface area contributed by atoms with Crippen LogP contribution in [0, 0.1) is 5.92 Å². The summed E-state index contributed by atoms with van der Waals surface area (Å²) in [5, 5.41) is 0. The molecule has 3 fully saturated rings. The third-order valence-corrected chi connectivity index (χ3v) is 4.60. The van der Waals surface area contributed by atoms with Gasteiger partial charge in [-0.3, -0.25) is 9.59 Å². The van der Waals surface area contributed by atoms with E-state index in [2.05, 4.69) is 6.92 Å². The number of hydrogen-bond donors (Lipinski definition) is 0. The molecule has 0 bridgehead atoms. The minimum atomic E-state index is -0.151. The van der Waals surface area contributed by atoms with Gasteiger partial charge in [0.1, 0.15) is 12.6 Å². The molecule has 2 unspecified atom stereocenters. The maximum atomic E-state index is 12.5. The Labute approximate surface area is 108 Å². The van der Waals surface area contributed by atoms with E-state index in [1.165, 1.54) is 12.8 Å². The van der Waals surface area contributed by atoms with Crippen molar-refractivity contribution in [2.75, 3.05) is 13.1 Å². The van der Waals surface area contributed by atoms with E-state index in [1.807, 2.05) is 9.80 Å². The molecule has 2 saturated heterocycles. The van der Waals surface area contributed by atoms with Crippen LogP contribution < -0.4 is 0 Å². The number of nitrogens with zero attached hydrogens (tertiary/aromatic N) is 2. The van der Waals surface area contributed by atoms with Crippen LogP contribution in [0.4, 0.5) is 0 Å². The summed E-state index contributed by atoms with van der Waals surface area (Å²) in [7, 11) is 0. The summed E-state index contributed by atoms with van der Waals surface area (Å²) >= 11 is 0. The summed E-state index contributed by atoms with van der Waals surface area (Å²) < 4.78 is 0. The number of fused-ring (bicyclic) bond motifs is 1. The first-order chi connectivity index (χ1) is 8.66. The molecule has 3 aliphatic rings. The van der Waals surface area contributed by atoms with E-state index >= 15 is 0 Å². The molecule has 4 heteroatoms. The minimum absolute atomic E-state index is 0.151. The Morgan fingerprint density at radius 1 is 1.22 bits per heavy atom. The van der Waals surface area contributed by atoms with Gasteiger partial charge in [0.15, 0.2) is 0 Å². The maximum absolute atomic E-state index is 12.5. The summed E-state index contributed by atoms with van der Waals surface area (Å²) in [6.07, 6.45) is 6.66. The second kappa shape index (κ2) is 4.56. The fraction of sp³-hybridized carbons (Fsp3) is 0.857.